The number of sulfonamides is 1. The molecule has 0 radical (unpaired) electrons. The predicted molar refractivity (Wildman–Crippen MR) is 99.7 cm³/mol. The van der Waals surface area contributed by atoms with Crippen molar-refractivity contribution in [3.05, 3.63) is 29.3 Å². The Balaban J connectivity index is 2.10. The molecule has 1 aromatic rings. The molecule has 26 heavy (non-hydrogen) atoms. The molecule has 0 aliphatic carbocycles. The summed E-state index contributed by atoms with van der Waals surface area (Å²) < 4.78 is 30.5. The van der Waals surface area contributed by atoms with Crippen LogP contribution in [0.4, 0.5) is 5.69 Å². The molecule has 2 rings (SSSR count). The van der Waals surface area contributed by atoms with Crippen molar-refractivity contribution in [3.8, 4) is 0 Å². The lowest BCUT2D eigenvalue weighted by molar-refractivity contribution is -0.129. The van der Waals surface area contributed by atoms with Crippen molar-refractivity contribution in [1.29, 1.82) is 0 Å². The van der Waals surface area contributed by atoms with Crippen molar-refractivity contribution in [2.24, 2.45) is 5.92 Å². The molecule has 7 nitrogen and oxygen atoms in total. The van der Waals surface area contributed by atoms with Crippen LogP contribution >= 0.6 is 0 Å². The number of rotatable bonds is 6. The molecule has 0 aromatic heterocycles. The van der Waals surface area contributed by atoms with E-state index in [9.17, 15) is 18.0 Å². The van der Waals surface area contributed by atoms with Crippen LogP contribution in [0.25, 0.3) is 0 Å². The quantitative estimate of drug-likeness (QED) is 0.756. The Hall–Kier alpha value is -2.09. The standard InChI is InChI=1S/C18H26N2O5S/c1-11(2)10-19-17(21)13(4)25-18(22)14-6-7-16-15(9-14)8-12(3)20(16)26(5,23)24/h6-7,9,11-13H,8,10H2,1-5H3,(H,19,21)/t12-,13+/m1/s1. The van der Waals surface area contributed by atoms with E-state index in [1.54, 1.807) is 12.1 Å². The van der Waals surface area contributed by atoms with Gasteiger partial charge in [-0.15, -0.1) is 0 Å². The number of nitrogens with zero attached hydrogens (tertiary/aromatic N) is 1. The number of benzene rings is 1. The Morgan fingerprint density at radius 3 is 2.54 bits per heavy atom. The van der Waals surface area contributed by atoms with Gasteiger partial charge >= 0.3 is 5.97 Å². The normalized spacial score (nSPS) is 17.8. The highest BCUT2D eigenvalue weighted by atomic mass is 32.2. The van der Waals surface area contributed by atoms with Gasteiger partial charge < -0.3 is 10.1 Å². The number of carbonyl (C=O) groups is 2. The molecule has 0 fully saturated rings. The number of ether oxygens (including phenoxy) is 1. The second-order valence-electron chi connectivity index (χ2n) is 7.14. The minimum atomic E-state index is -3.38. The summed E-state index contributed by atoms with van der Waals surface area (Å²) >= 11 is 0. The smallest absolute Gasteiger partial charge is 0.338 e. The molecule has 1 heterocycles. The van der Waals surface area contributed by atoms with Crippen LogP contribution < -0.4 is 9.62 Å². The van der Waals surface area contributed by atoms with Gasteiger partial charge in [0.2, 0.25) is 10.0 Å². The van der Waals surface area contributed by atoms with Gasteiger partial charge in [0.1, 0.15) is 0 Å². The minimum absolute atomic E-state index is 0.202. The largest absolute Gasteiger partial charge is 0.449 e. The van der Waals surface area contributed by atoms with Crippen LogP contribution in [0.1, 0.15) is 43.6 Å². The van der Waals surface area contributed by atoms with Crippen LogP contribution in [0.2, 0.25) is 0 Å². The maximum Gasteiger partial charge on any atom is 0.338 e. The van der Waals surface area contributed by atoms with Gasteiger partial charge in [0, 0.05) is 12.6 Å². The van der Waals surface area contributed by atoms with Gasteiger partial charge in [0.15, 0.2) is 6.10 Å². The van der Waals surface area contributed by atoms with Crippen molar-refractivity contribution >= 4 is 27.6 Å². The molecule has 1 aliphatic heterocycles. The first-order chi connectivity index (χ1) is 12.0. The van der Waals surface area contributed by atoms with Crippen LogP contribution in [0.3, 0.4) is 0 Å². The van der Waals surface area contributed by atoms with Crippen molar-refractivity contribution < 1.29 is 22.7 Å². The van der Waals surface area contributed by atoms with Gasteiger partial charge in [0.05, 0.1) is 17.5 Å². The number of anilines is 1. The summed E-state index contributed by atoms with van der Waals surface area (Å²) in [7, 11) is -3.38. The van der Waals surface area contributed by atoms with Crippen molar-refractivity contribution in [2.75, 3.05) is 17.1 Å². The third-order valence-corrected chi connectivity index (χ3v) is 5.43. The number of hydrogen-bond acceptors (Lipinski definition) is 5. The maximum atomic E-state index is 12.3. The van der Waals surface area contributed by atoms with E-state index in [4.69, 9.17) is 4.74 Å². The average Bonchev–Trinajstić information content (AvgIpc) is 2.86. The van der Waals surface area contributed by atoms with E-state index in [1.807, 2.05) is 20.8 Å². The van der Waals surface area contributed by atoms with E-state index < -0.39 is 22.1 Å². The van der Waals surface area contributed by atoms with Crippen molar-refractivity contribution in [3.63, 3.8) is 0 Å². The topological polar surface area (TPSA) is 92.8 Å². The maximum absolute atomic E-state index is 12.3. The lowest BCUT2D eigenvalue weighted by atomic mass is 10.1. The summed E-state index contributed by atoms with van der Waals surface area (Å²) in [6.45, 7) is 7.80. The zero-order valence-electron chi connectivity index (χ0n) is 15.8. The second kappa shape index (κ2) is 7.65. The van der Waals surface area contributed by atoms with Gasteiger partial charge in [0.25, 0.3) is 5.91 Å². The molecule has 1 N–H and O–H groups in total. The number of carbonyl (C=O) groups excluding carboxylic acids is 2. The molecular weight excluding hydrogens is 356 g/mol. The Bertz CT molecular complexity index is 804. The first kappa shape index (κ1) is 20.2. The van der Waals surface area contributed by atoms with E-state index in [0.29, 0.717) is 30.1 Å². The Morgan fingerprint density at radius 2 is 1.96 bits per heavy atom. The van der Waals surface area contributed by atoms with Gasteiger partial charge in [-0.3, -0.25) is 9.10 Å². The fourth-order valence-corrected chi connectivity index (χ4v) is 4.23. The molecule has 1 aromatic carbocycles. The van der Waals surface area contributed by atoms with Gasteiger partial charge in [-0.25, -0.2) is 13.2 Å². The van der Waals surface area contributed by atoms with Crippen LogP contribution in [0.5, 0.6) is 0 Å². The first-order valence-corrected chi connectivity index (χ1v) is 10.5. The van der Waals surface area contributed by atoms with E-state index in [0.717, 1.165) is 11.8 Å². The van der Waals surface area contributed by atoms with Gasteiger partial charge in [-0.1, -0.05) is 13.8 Å². The number of hydrogen-bond donors (Lipinski definition) is 1. The van der Waals surface area contributed by atoms with E-state index >= 15 is 0 Å². The molecule has 0 spiro atoms. The van der Waals surface area contributed by atoms with Crippen molar-refractivity contribution in [2.45, 2.75) is 46.3 Å². The lowest BCUT2D eigenvalue weighted by Crippen LogP contribution is -2.37. The monoisotopic (exact) mass is 382 g/mol. The summed E-state index contributed by atoms with van der Waals surface area (Å²) in [6.07, 6.45) is 0.785. The molecule has 1 aliphatic rings. The number of amides is 1. The molecule has 144 valence electrons. The van der Waals surface area contributed by atoms with E-state index in [2.05, 4.69) is 5.32 Å². The molecule has 1 amide bonds. The highest BCUT2D eigenvalue weighted by Gasteiger charge is 2.33. The fourth-order valence-electron chi connectivity index (χ4n) is 2.97. The molecule has 0 bridgehead atoms. The summed E-state index contributed by atoms with van der Waals surface area (Å²) in [4.78, 5) is 24.3. The summed E-state index contributed by atoms with van der Waals surface area (Å²) in [5, 5.41) is 2.72. The molecule has 0 unspecified atom stereocenters. The summed E-state index contributed by atoms with van der Waals surface area (Å²) in [5.74, 6) is -0.645. The zero-order chi connectivity index (χ0) is 19.6. The van der Waals surface area contributed by atoms with E-state index in [-0.39, 0.29) is 11.9 Å². The highest BCUT2D eigenvalue weighted by molar-refractivity contribution is 7.92. The Labute approximate surface area is 154 Å². The van der Waals surface area contributed by atoms with Gasteiger partial charge in [-0.05, 0) is 49.9 Å². The van der Waals surface area contributed by atoms with Crippen LogP contribution in [-0.2, 0) is 26.0 Å². The zero-order valence-corrected chi connectivity index (χ0v) is 16.6. The molecule has 0 saturated carbocycles. The molecule has 0 saturated heterocycles. The van der Waals surface area contributed by atoms with Crippen LogP contribution in [-0.4, -0.2) is 45.2 Å². The third kappa shape index (κ3) is 4.55. The summed E-state index contributed by atoms with van der Waals surface area (Å²) in [5.41, 5.74) is 1.66. The van der Waals surface area contributed by atoms with Crippen molar-refractivity contribution in [1.82, 2.24) is 5.32 Å². The Kier molecular flexibility index (Phi) is 5.95. The number of nitrogens with one attached hydrogen (secondary N) is 1. The first-order valence-electron chi connectivity index (χ1n) is 8.61. The lowest BCUT2D eigenvalue weighted by Gasteiger charge is -2.22. The van der Waals surface area contributed by atoms with Gasteiger partial charge in [-0.2, -0.15) is 0 Å². The molecular formula is C18H26N2O5S. The third-order valence-electron chi connectivity index (χ3n) is 4.16. The average molecular weight is 382 g/mol. The van der Waals surface area contributed by atoms with E-state index in [1.165, 1.54) is 17.3 Å². The highest BCUT2D eigenvalue weighted by Crippen LogP contribution is 2.34. The minimum Gasteiger partial charge on any atom is -0.449 e. The second-order valence-corrected chi connectivity index (χ2v) is 9.00. The Morgan fingerprint density at radius 1 is 1.31 bits per heavy atom. The number of fused-ring (bicyclic) bond motifs is 1. The SMILES string of the molecule is CC(C)CNC(=O)[C@H](C)OC(=O)c1ccc2c(c1)C[C@@H](C)N2S(C)(=O)=O. The number of esters is 1. The predicted octanol–water partition coefficient (Wildman–Crippen LogP) is 1.71. The van der Waals surface area contributed by atoms with Crippen LogP contribution in [0, 0.1) is 5.92 Å². The fraction of sp³-hybridized carbons (Fsp3) is 0.556. The summed E-state index contributed by atoms with van der Waals surface area (Å²) in [6, 6.07) is 4.57. The molecule has 2 atom stereocenters. The molecule has 8 heteroatoms. The van der Waals surface area contributed by atoms with Crippen LogP contribution in [0.15, 0.2) is 18.2 Å².